The van der Waals surface area contributed by atoms with Gasteiger partial charge in [0.05, 0.1) is 11.9 Å². The lowest BCUT2D eigenvalue weighted by molar-refractivity contribution is 0.390. The first-order valence-electron chi connectivity index (χ1n) is 8.03. The predicted molar refractivity (Wildman–Crippen MR) is 99.6 cm³/mol. The monoisotopic (exact) mass is 372 g/mol. The fourth-order valence-electron chi connectivity index (χ4n) is 2.67. The van der Waals surface area contributed by atoms with Crippen molar-refractivity contribution in [2.45, 2.75) is 25.3 Å². The molecule has 0 amide bonds. The molecule has 0 atom stereocenters. The molecule has 2 aromatic heterocycles. The van der Waals surface area contributed by atoms with Gasteiger partial charge in [0.25, 0.3) is 10.0 Å². The first-order valence-corrected chi connectivity index (χ1v) is 9.52. The maximum Gasteiger partial charge on any atom is 0.267 e. The average Bonchev–Trinajstić information content (AvgIpc) is 2.95. The second kappa shape index (κ2) is 7.17. The largest absolute Gasteiger partial charge is 0.360 e. The number of aryl methyl sites for hydroxylation is 2. The van der Waals surface area contributed by atoms with Crippen LogP contribution in [0.4, 0.5) is 11.5 Å². The first kappa shape index (κ1) is 17.9. The zero-order valence-electron chi connectivity index (χ0n) is 14.8. The minimum atomic E-state index is -3.77. The Balaban J connectivity index is 1.73. The molecule has 3 aromatic rings. The molecule has 1 N–H and O–H groups in total. The lowest BCUT2D eigenvalue weighted by atomic mass is 10.2. The Hall–Kier alpha value is -2.87. The highest BCUT2D eigenvalue weighted by Gasteiger charge is 2.24. The summed E-state index contributed by atoms with van der Waals surface area (Å²) in [6.45, 7) is 3.86. The number of aromatic nitrogens is 2. The first-order chi connectivity index (χ1) is 12.4. The summed E-state index contributed by atoms with van der Waals surface area (Å²) in [4.78, 5) is 6.39. The van der Waals surface area contributed by atoms with Crippen molar-refractivity contribution >= 4 is 21.5 Å². The number of nitrogens with zero attached hydrogens (tertiary/aromatic N) is 3. The molecule has 1 aromatic carbocycles. The molecule has 0 saturated heterocycles. The summed E-state index contributed by atoms with van der Waals surface area (Å²) in [7, 11) is -1.84. The van der Waals surface area contributed by atoms with Crippen LogP contribution in [-0.2, 0) is 16.6 Å². The Morgan fingerprint density at radius 2 is 1.85 bits per heavy atom. The van der Waals surface area contributed by atoms with Gasteiger partial charge in [0.2, 0.25) is 0 Å². The van der Waals surface area contributed by atoms with Gasteiger partial charge in [-0.3, -0.25) is 4.72 Å². The minimum Gasteiger partial charge on any atom is -0.360 e. The van der Waals surface area contributed by atoms with Crippen LogP contribution >= 0.6 is 0 Å². The van der Waals surface area contributed by atoms with Crippen LogP contribution in [0.5, 0.6) is 0 Å². The Kier molecular flexibility index (Phi) is 4.94. The SMILES string of the molecule is Cc1noc(C)c1S(=O)(=O)Nc1ccc(N(C)Cc2ccccc2)nc1. The van der Waals surface area contributed by atoms with Crippen LogP contribution in [0.25, 0.3) is 0 Å². The fraction of sp³-hybridized carbons (Fsp3) is 0.222. The third-order valence-electron chi connectivity index (χ3n) is 3.89. The van der Waals surface area contributed by atoms with Crippen molar-refractivity contribution in [3.63, 3.8) is 0 Å². The fourth-order valence-corrected chi connectivity index (χ4v) is 4.05. The quantitative estimate of drug-likeness (QED) is 0.715. The molecule has 0 radical (unpaired) electrons. The molecule has 0 saturated carbocycles. The van der Waals surface area contributed by atoms with Crippen molar-refractivity contribution < 1.29 is 12.9 Å². The van der Waals surface area contributed by atoms with Crippen LogP contribution in [0.3, 0.4) is 0 Å². The highest BCUT2D eigenvalue weighted by Crippen LogP contribution is 2.23. The summed E-state index contributed by atoms with van der Waals surface area (Å²) in [6, 6.07) is 13.5. The van der Waals surface area contributed by atoms with Gasteiger partial charge in [-0.05, 0) is 31.5 Å². The second-order valence-corrected chi connectivity index (χ2v) is 7.62. The number of rotatable bonds is 6. The summed E-state index contributed by atoms with van der Waals surface area (Å²) < 4.78 is 32.5. The van der Waals surface area contributed by atoms with Gasteiger partial charge in [-0.25, -0.2) is 13.4 Å². The lowest BCUT2D eigenvalue weighted by Crippen LogP contribution is -2.18. The van der Waals surface area contributed by atoms with Crippen LogP contribution in [-0.4, -0.2) is 25.6 Å². The van der Waals surface area contributed by atoms with E-state index >= 15 is 0 Å². The normalized spacial score (nSPS) is 11.3. The molecule has 3 rings (SSSR count). The Labute approximate surface area is 152 Å². The zero-order valence-corrected chi connectivity index (χ0v) is 15.6. The van der Waals surface area contributed by atoms with Gasteiger partial charge < -0.3 is 9.42 Å². The van der Waals surface area contributed by atoms with Crippen molar-refractivity contribution in [2.75, 3.05) is 16.7 Å². The van der Waals surface area contributed by atoms with Gasteiger partial charge in [-0.15, -0.1) is 0 Å². The molecule has 0 aliphatic carbocycles. The van der Waals surface area contributed by atoms with Crippen LogP contribution in [0, 0.1) is 13.8 Å². The van der Waals surface area contributed by atoms with Crippen molar-refractivity contribution in [3.8, 4) is 0 Å². The third kappa shape index (κ3) is 3.85. The number of hydrogen-bond donors (Lipinski definition) is 1. The van der Waals surface area contributed by atoms with Crippen LogP contribution in [0.15, 0.2) is 58.1 Å². The van der Waals surface area contributed by atoms with Gasteiger partial charge in [-0.2, -0.15) is 0 Å². The number of anilines is 2. The molecular weight excluding hydrogens is 352 g/mol. The van der Waals surface area contributed by atoms with E-state index in [0.717, 1.165) is 5.82 Å². The number of nitrogens with one attached hydrogen (secondary N) is 1. The molecule has 0 aliphatic rings. The number of sulfonamides is 1. The zero-order chi connectivity index (χ0) is 18.7. The van der Waals surface area contributed by atoms with Crippen LogP contribution in [0.2, 0.25) is 0 Å². The molecule has 0 fully saturated rings. The summed E-state index contributed by atoms with van der Waals surface area (Å²) in [5.41, 5.74) is 1.86. The van der Waals surface area contributed by atoms with Gasteiger partial charge in [0.1, 0.15) is 11.5 Å². The minimum absolute atomic E-state index is 0.0581. The average molecular weight is 372 g/mol. The second-order valence-electron chi connectivity index (χ2n) is 6.01. The van der Waals surface area contributed by atoms with E-state index in [1.165, 1.54) is 11.8 Å². The van der Waals surface area contributed by atoms with Gasteiger partial charge in [-0.1, -0.05) is 35.5 Å². The Morgan fingerprint density at radius 1 is 1.12 bits per heavy atom. The highest BCUT2D eigenvalue weighted by molar-refractivity contribution is 7.92. The van der Waals surface area contributed by atoms with Crippen molar-refractivity contribution in [3.05, 3.63) is 65.7 Å². The molecule has 7 nitrogen and oxygen atoms in total. The topological polar surface area (TPSA) is 88.3 Å². The molecule has 0 unspecified atom stereocenters. The summed E-state index contributed by atoms with van der Waals surface area (Å²) in [5, 5.41) is 3.68. The van der Waals surface area contributed by atoms with E-state index in [2.05, 4.69) is 14.9 Å². The molecule has 26 heavy (non-hydrogen) atoms. The Bertz CT molecular complexity index is 964. The van der Waals surface area contributed by atoms with E-state index in [0.29, 0.717) is 17.9 Å². The van der Waals surface area contributed by atoms with E-state index in [9.17, 15) is 8.42 Å². The van der Waals surface area contributed by atoms with E-state index < -0.39 is 10.0 Å². The molecular formula is C18H20N4O3S. The van der Waals surface area contributed by atoms with Gasteiger partial charge >= 0.3 is 0 Å². The number of hydrogen-bond acceptors (Lipinski definition) is 6. The summed E-state index contributed by atoms with van der Waals surface area (Å²) in [5.74, 6) is 0.997. The molecule has 2 heterocycles. The molecule has 8 heteroatoms. The van der Waals surface area contributed by atoms with Crippen LogP contribution < -0.4 is 9.62 Å². The van der Waals surface area contributed by atoms with E-state index in [-0.39, 0.29) is 10.7 Å². The van der Waals surface area contributed by atoms with Gasteiger partial charge in [0, 0.05) is 13.6 Å². The molecule has 0 aliphatic heterocycles. The lowest BCUT2D eigenvalue weighted by Gasteiger charge is -2.18. The maximum atomic E-state index is 12.5. The predicted octanol–water partition coefficient (Wildman–Crippen LogP) is 3.12. The highest BCUT2D eigenvalue weighted by atomic mass is 32.2. The summed E-state index contributed by atoms with van der Waals surface area (Å²) >= 11 is 0. The van der Waals surface area contributed by atoms with Crippen molar-refractivity contribution in [1.29, 1.82) is 0 Å². The molecule has 136 valence electrons. The van der Waals surface area contributed by atoms with E-state index in [1.807, 2.05) is 42.3 Å². The third-order valence-corrected chi connectivity index (χ3v) is 5.52. The standard InChI is InChI=1S/C18H20N4O3S/c1-13-18(14(2)25-20-13)26(23,24)21-16-9-10-17(19-11-16)22(3)12-15-7-5-4-6-8-15/h4-11,21H,12H2,1-3H3. The number of benzene rings is 1. The maximum absolute atomic E-state index is 12.5. The smallest absolute Gasteiger partial charge is 0.267 e. The van der Waals surface area contributed by atoms with Crippen molar-refractivity contribution in [1.82, 2.24) is 10.1 Å². The van der Waals surface area contributed by atoms with E-state index in [4.69, 9.17) is 4.52 Å². The van der Waals surface area contributed by atoms with E-state index in [1.54, 1.807) is 26.0 Å². The summed E-state index contributed by atoms with van der Waals surface area (Å²) in [6.07, 6.45) is 1.49. The molecule has 0 bridgehead atoms. The number of pyridine rings is 1. The molecule has 0 spiro atoms. The van der Waals surface area contributed by atoms with Gasteiger partial charge in [0.15, 0.2) is 10.7 Å². The Morgan fingerprint density at radius 3 is 2.42 bits per heavy atom. The van der Waals surface area contributed by atoms with Crippen LogP contribution in [0.1, 0.15) is 17.0 Å². The van der Waals surface area contributed by atoms with Crippen molar-refractivity contribution in [2.24, 2.45) is 0 Å².